The number of carboxylic acid groups (broad SMARTS) is 1. The van der Waals surface area contributed by atoms with E-state index in [2.05, 4.69) is 4.98 Å². The molecule has 3 fully saturated rings. The second kappa shape index (κ2) is 10.2. The fourth-order valence-electron chi connectivity index (χ4n) is 4.16. The molecule has 7 nitrogen and oxygen atoms in total. The molecule has 3 aliphatic rings. The first-order valence-electron chi connectivity index (χ1n) is 10.8. The Kier molecular flexibility index (Phi) is 7.76. The second-order valence-corrected chi connectivity index (χ2v) is 8.79. The van der Waals surface area contributed by atoms with E-state index in [1.165, 1.54) is 12.8 Å². The molecule has 10 heteroatoms. The number of carboxylic acids is 1. The number of aliphatic carboxylic acids is 1. The molecule has 178 valence electrons. The van der Waals surface area contributed by atoms with Crippen molar-refractivity contribution >= 4 is 11.9 Å². The molecule has 3 heterocycles. The number of hydrogen-bond acceptors (Lipinski definition) is 5. The minimum Gasteiger partial charge on any atom is -0.475 e. The molecule has 1 N–H and O–H groups in total. The minimum absolute atomic E-state index is 0.0425. The summed E-state index contributed by atoms with van der Waals surface area (Å²) >= 11 is 0. The number of carbonyl (C=O) groups excluding carboxylic acids is 1. The van der Waals surface area contributed by atoms with Crippen molar-refractivity contribution in [1.29, 1.82) is 0 Å². The van der Waals surface area contributed by atoms with Crippen LogP contribution in [0.15, 0.2) is 18.3 Å². The smallest absolute Gasteiger partial charge is 0.475 e. The molecule has 2 aliphatic heterocycles. The third kappa shape index (κ3) is 6.41. The lowest BCUT2D eigenvalue weighted by Gasteiger charge is -2.50. The molecule has 2 atom stereocenters. The largest absolute Gasteiger partial charge is 0.490 e. The van der Waals surface area contributed by atoms with Gasteiger partial charge in [-0.1, -0.05) is 0 Å². The van der Waals surface area contributed by atoms with Crippen LogP contribution < -0.4 is 0 Å². The van der Waals surface area contributed by atoms with Crippen molar-refractivity contribution in [1.82, 2.24) is 9.88 Å². The summed E-state index contributed by atoms with van der Waals surface area (Å²) in [5, 5.41) is 7.12. The Morgan fingerprint density at radius 1 is 1.31 bits per heavy atom. The number of alkyl halides is 3. The van der Waals surface area contributed by atoms with E-state index >= 15 is 0 Å². The first-order valence-corrected chi connectivity index (χ1v) is 10.8. The van der Waals surface area contributed by atoms with Gasteiger partial charge in [-0.3, -0.25) is 9.78 Å². The number of nitrogens with zero attached hydrogens (tertiary/aromatic N) is 2. The molecule has 2 saturated heterocycles. The number of carbonyl (C=O) groups is 2. The van der Waals surface area contributed by atoms with Gasteiger partial charge in [-0.25, -0.2) is 4.79 Å². The number of hydrogen-bond donors (Lipinski definition) is 1. The molecular weight excluding hydrogens is 429 g/mol. The minimum atomic E-state index is -5.08. The topological polar surface area (TPSA) is 89.0 Å². The molecule has 0 spiro atoms. The van der Waals surface area contributed by atoms with Gasteiger partial charge in [0.15, 0.2) is 0 Å². The number of pyridine rings is 1. The van der Waals surface area contributed by atoms with Gasteiger partial charge < -0.3 is 19.5 Å². The maximum absolute atomic E-state index is 12.9. The average molecular weight is 458 g/mol. The van der Waals surface area contributed by atoms with Crippen molar-refractivity contribution in [2.45, 2.75) is 51.3 Å². The molecule has 2 unspecified atom stereocenters. The third-order valence-corrected chi connectivity index (χ3v) is 6.12. The average Bonchev–Trinajstić information content (AvgIpc) is 3.57. The monoisotopic (exact) mass is 458 g/mol. The molecule has 1 aliphatic carbocycles. The summed E-state index contributed by atoms with van der Waals surface area (Å²) in [4.78, 5) is 28.1. The van der Waals surface area contributed by atoms with Crippen molar-refractivity contribution in [2.24, 2.45) is 11.3 Å². The van der Waals surface area contributed by atoms with E-state index in [4.69, 9.17) is 19.4 Å². The highest BCUT2D eigenvalue weighted by Crippen LogP contribution is 2.41. The van der Waals surface area contributed by atoms with Gasteiger partial charge >= 0.3 is 12.1 Å². The Labute approximate surface area is 184 Å². The maximum atomic E-state index is 12.9. The predicted octanol–water partition coefficient (Wildman–Crippen LogP) is 3.46. The van der Waals surface area contributed by atoms with E-state index in [0.717, 1.165) is 57.2 Å². The molecule has 1 aromatic rings. The number of fused-ring (bicyclic) bond motifs is 1. The zero-order chi connectivity index (χ0) is 23.4. The Balaban J connectivity index is 0.000000360. The van der Waals surface area contributed by atoms with Crippen LogP contribution in [0.4, 0.5) is 13.2 Å². The van der Waals surface area contributed by atoms with Crippen LogP contribution in [0.25, 0.3) is 0 Å². The predicted molar refractivity (Wildman–Crippen MR) is 108 cm³/mol. The lowest BCUT2D eigenvalue weighted by atomic mass is 9.73. The van der Waals surface area contributed by atoms with Gasteiger partial charge in [0.25, 0.3) is 5.91 Å². The van der Waals surface area contributed by atoms with Crippen LogP contribution in [0.1, 0.15) is 48.2 Å². The second-order valence-electron chi connectivity index (χ2n) is 8.79. The zero-order valence-electron chi connectivity index (χ0n) is 18.1. The van der Waals surface area contributed by atoms with E-state index in [1.54, 1.807) is 6.20 Å². The van der Waals surface area contributed by atoms with Gasteiger partial charge in [0.1, 0.15) is 0 Å². The number of ether oxygens (including phenoxy) is 2. The normalized spacial score (nSPS) is 25.4. The first-order chi connectivity index (χ1) is 15.1. The van der Waals surface area contributed by atoms with E-state index < -0.39 is 12.1 Å². The van der Waals surface area contributed by atoms with Gasteiger partial charge in [-0.2, -0.15) is 13.2 Å². The van der Waals surface area contributed by atoms with E-state index in [1.807, 2.05) is 24.0 Å². The fourth-order valence-corrected chi connectivity index (χ4v) is 4.16. The molecular formula is C22H29F3N2O5. The molecule has 1 saturated carbocycles. The number of halogens is 3. The number of piperidine rings is 1. The molecule has 0 radical (unpaired) electrons. The molecule has 32 heavy (non-hydrogen) atoms. The van der Waals surface area contributed by atoms with Gasteiger partial charge in [0.05, 0.1) is 18.3 Å². The van der Waals surface area contributed by atoms with Crippen molar-refractivity contribution < 1.29 is 37.3 Å². The van der Waals surface area contributed by atoms with Crippen molar-refractivity contribution in [3.05, 3.63) is 29.6 Å². The SMILES string of the molecule is Cc1ccc(C(=O)N2CCC3OCCCC3(COCC3CC3)C2)cn1.O=C(O)C(F)(F)F. The van der Waals surface area contributed by atoms with Crippen LogP contribution >= 0.6 is 0 Å². The van der Waals surface area contributed by atoms with Crippen molar-refractivity contribution in [2.75, 3.05) is 32.9 Å². The maximum Gasteiger partial charge on any atom is 0.490 e. The summed E-state index contributed by atoms with van der Waals surface area (Å²) in [5.41, 5.74) is 1.56. The fraction of sp³-hybridized carbons (Fsp3) is 0.682. The van der Waals surface area contributed by atoms with E-state index in [0.29, 0.717) is 12.2 Å². The number of aromatic nitrogens is 1. The van der Waals surface area contributed by atoms with Crippen LogP contribution in [-0.4, -0.2) is 72.1 Å². The van der Waals surface area contributed by atoms with Gasteiger partial charge in [0, 0.05) is 43.6 Å². The Morgan fingerprint density at radius 3 is 2.62 bits per heavy atom. The highest BCUT2D eigenvalue weighted by Gasteiger charge is 2.47. The number of aryl methyl sites for hydroxylation is 1. The first kappa shape index (κ1) is 24.4. The van der Waals surface area contributed by atoms with Crippen LogP contribution in [0, 0.1) is 18.3 Å². The summed E-state index contributed by atoms with van der Waals surface area (Å²) in [6.45, 7) is 5.83. The lowest BCUT2D eigenvalue weighted by Crippen LogP contribution is -2.58. The summed E-state index contributed by atoms with van der Waals surface area (Å²) in [6.07, 6.45) is 2.47. The highest BCUT2D eigenvalue weighted by atomic mass is 19.4. The lowest BCUT2D eigenvalue weighted by molar-refractivity contribution is -0.192. The number of likely N-dealkylation sites (tertiary alicyclic amines) is 1. The van der Waals surface area contributed by atoms with Gasteiger partial charge in [-0.05, 0) is 57.1 Å². The van der Waals surface area contributed by atoms with Crippen LogP contribution in [0.3, 0.4) is 0 Å². The standard InChI is InChI=1S/C20H28N2O3.C2HF3O2/c1-15-3-6-17(11-21-15)19(23)22-9-7-18-20(13-22,8-2-10-25-18)14-24-12-16-4-5-16;3-2(4,5)1(6)7/h3,6,11,16,18H,2,4-5,7-10,12-14H2,1H3;(H,6,7). The molecule has 0 aromatic carbocycles. The Morgan fingerprint density at radius 2 is 2.03 bits per heavy atom. The van der Waals surface area contributed by atoms with Gasteiger partial charge in [-0.15, -0.1) is 0 Å². The van der Waals surface area contributed by atoms with E-state index in [-0.39, 0.29) is 17.4 Å². The molecule has 0 bridgehead atoms. The number of amides is 1. The Hall–Kier alpha value is -2.20. The quantitative estimate of drug-likeness (QED) is 0.727. The van der Waals surface area contributed by atoms with Crippen molar-refractivity contribution in [3.8, 4) is 0 Å². The van der Waals surface area contributed by atoms with Crippen molar-refractivity contribution in [3.63, 3.8) is 0 Å². The zero-order valence-corrected chi connectivity index (χ0v) is 18.1. The summed E-state index contributed by atoms with van der Waals surface area (Å²) < 4.78 is 43.9. The summed E-state index contributed by atoms with van der Waals surface area (Å²) in [6, 6.07) is 3.78. The Bertz CT molecular complexity index is 798. The molecule has 1 aromatic heterocycles. The van der Waals surface area contributed by atoms with Crippen LogP contribution in [0.5, 0.6) is 0 Å². The molecule has 1 amide bonds. The third-order valence-electron chi connectivity index (χ3n) is 6.12. The number of rotatable bonds is 5. The summed E-state index contributed by atoms with van der Waals surface area (Å²) in [7, 11) is 0. The van der Waals surface area contributed by atoms with Gasteiger partial charge in [0.2, 0.25) is 0 Å². The molecule has 4 rings (SSSR count). The van der Waals surface area contributed by atoms with Crippen LogP contribution in [0.2, 0.25) is 0 Å². The summed E-state index contributed by atoms with van der Waals surface area (Å²) in [5.74, 6) is -1.91. The highest BCUT2D eigenvalue weighted by molar-refractivity contribution is 5.94. The van der Waals surface area contributed by atoms with E-state index in [9.17, 15) is 18.0 Å². The van der Waals surface area contributed by atoms with Crippen LogP contribution in [-0.2, 0) is 14.3 Å².